The van der Waals surface area contributed by atoms with Crippen molar-refractivity contribution in [2.24, 2.45) is 7.05 Å². The lowest BCUT2D eigenvalue weighted by molar-refractivity contribution is 0.774. The van der Waals surface area contributed by atoms with Crippen LogP contribution in [0.1, 0.15) is 25.3 Å². The third-order valence-electron chi connectivity index (χ3n) is 2.80. The van der Waals surface area contributed by atoms with Crippen molar-refractivity contribution in [1.82, 2.24) is 9.78 Å². The number of para-hydroxylation sites is 1. The zero-order valence-electron chi connectivity index (χ0n) is 9.94. The van der Waals surface area contributed by atoms with Crippen molar-refractivity contribution in [3.05, 3.63) is 36.0 Å². The minimum absolute atomic E-state index is 0.448. The van der Waals surface area contributed by atoms with Gasteiger partial charge in [0, 0.05) is 23.9 Å². The fourth-order valence-electron chi connectivity index (χ4n) is 1.92. The van der Waals surface area contributed by atoms with Crippen molar-refractivity contribution in [2.45, 2.75) is 19.8 Å². The Hall–Kier alpha value is -1.77. The molecule has 1 aromatic carbocycles. The number of nitrogens with zero attached hydrogens (tertiary/aromatic N) is 2. The SMILES string of the molecule is CC(C)c1cnn(C)c1-c1ccccc1N. The molecule has 0 unspecified atom stereocenters. The number of aromatic nitrogens is 2. The highest BCUT2D eigenvalue weighted by atomic mass is 15.3. The Morgan fingerprint density at radius 1 is 1.25 bits per heavy atom. The Kier molecular flexibility index (Phi) is 2.69. The molecule has 0 atom stereocenters. The van der Waals surface area contributed by atoms with Gasteiger partial charge in [-0.05, 0) is 12.0 Å². The number of nitrogen functional groups attached to an aromatic ring is 1. The molecule has 0 saturated heterocycles. The lowest BCUT2D eigenvalue weighted by Gasteiger charge is -2.10. The summed E-state index contributed by atoms with van der Waals surface area (Å²) >= 11 is 0. The number of anilines is 1. The van der Waals surface area contributed by atoms with Gasteiger partial charge in [0.15, 0.2) is 0 Å². The first-order chi connectivity index (χ1) is 7.61. The summed E-state index contributed by atoms with van der Waals surface area (Å²) in [6, 6.07) is 7.91. The molecule has 0 amide bonds. The summed E-state index contributed by atoms with van der Waals surface area (Å²) in [5.74, 6) is 0.448. The van der Waals surface area contributed by atoms with Crippen molar-refractivity contribution < 1.29 is 0 Å². The summed E-state index contributed by atoms with van der Waals surface area (Å²) in [4.78, 5) is 0. The van der Waals surface area contributed by atoms with E-state index >= 15 is 0 Å². The monoisotopic (exact) mass is 215 g/mol. The quantitative estimate of drug-likeness (QED) is 0.783. The smallest absolute Gasteiger partial charge is 0.0734 e. The summed E-state index contributed by atoms with van der Waals surface area (Å²) in [7, 11) is 1.95. The molecule has 2 N–H and O–H groups in total. The number of rotatable bonds is 2. The second kappa shape index (κ2) is 4.00. The van der Waals surface area contributed by atoms with Crippen LogP contribution in [0.3, 0.4) is 0 Å². The van der Waals surface area contributed by atoms with E-state index in [9.17, 15) is 0 Å². The van der Waals surface area contributed by atoms with Gasteiger partial charge in [-0.15, -0.1) is 0 Å². The van der Waals surface area contributed by atoms with E-state index in [1.54, 1.807) is 0 Å². The van der Waals surface area contributed by atoms with E-state index in [4.69, 9.17) is 5.73 Å². The lowest BCUT2D eigenvalue weighted by atomic mass is 9.98. The highest BCUT2D eigenvalue weighted by Gasteiger charge is 2.15. The van der Waals surface area contributed by atoms with Gasteiger partial charge >= 0.3 is 0 Å². The highest BCUT2D eigenvalue weighted by molar-refractivity contribution is 5.76. The van der Waals surface area contributed by atoms with Crippen LogP contribution >= 0.6 is 0 Å². The molecule has 2 aromatic rings. The van der Waals surface area contributed by atoms with Gasteiger partial charge in [-0.1, -0.05) is 32.0 Å². The third kappa shape index (κ3) is 1.69. The van der Waals surface area contributed by atoms with Crippen LogP contribution in [0.25, 0.3) is 11.3 Å². The molecule has 16 heavy (non-hydrogen) atoms. The van der Waals surface area contributed by atoms with Crippen LogP contribution in [-0.4, -0.2) is 9.78 Å². The molecule has 2 rings (SSSR count). The Bertz CT molecular complexity index is 498. The minimum atomic E-state index is 0.448. The topological polar surface area (TPSA) is 43.8 Å². The van der Waals surface area contributed by atoms with Crippen LogP contribution < -0.4 is 5.73 Å². The van der Waals surface area contributed by atoms with Crippen molar-refractivity contribution in [2.75, 3.05) is 5.73 Å². The second-order valence-corrected chi connectivity index (χ2v) is 4.31. The molecule has 1 aromatic heterocycles. The first-order valence-electron chi connectivity index (χ1n) is 5.48. The molecule has 0 bridgehead atoms. The van der Waals surface area contributed by atoms with E-state index in [1.807, 2.05) is 42.2 Å². The van der Waals surface area contributed by atoms with Gasteiger partial charge in [-0.3, -0.25) is 4.68 Å². The van der Waals surface area contributed by atoms with Crippen LogP contribution in [0.4, 0.5) is 5.69 Å². The van der Waals surface area contributed by atoms with Crippen molar-refractivity contribution in [1.29, 1.82) is 0 Å². The fourth-order valence-corrected chi connectivity index (χ4v) is 1.92. The predicted molar refractivity (Wildman–Crippen MR) is 67.1 cm³/mol. The summed E-state index contributed by atoms with van der Waals surface area (Å²) in [5, 5.41) is 4.32. The molecular formula is C13H17N3. The summed E-state index contributed by atoms with van der Waals surface area (Å²) in [6.45, 7) is 4.33. The zero-order chi connectivity index (χ0) is 11.7. The first kappa shape index (κ1) is 10.7. The molecule has 0 aliphatic rings. The lowest BCUT2D eigenvalue weighted by Crippen LogP contribution is -1.99. The molecular weight excluding hydrogens is 198 g/mol. The van der Waals surface area contributed by atoms with E-state index in [1.165, 1.54) is 5.56 Å². The predicted octanol–water partition coefficient (Wildman–Crippen LogP) is 2.79. The van der Waals surface area contributed by atoms with Crippen LogP contribution in [0.15, 0.2) is 30.5 Å². The number of hydrogen-bond donors (Lipinski definition) is 1. The van der Waals surface area contributed by atoms with Crippen LogP contribution in [-0.2, 0) is 7.05 Å². The maximum absolute atomic E-state index is 6.01. The number of nitrogens with two attached hydrogens (primary N) is 1. The normalized spacial score (nSPS) is 11.0. The molecule has 3 nitrogen and oxygen atoms in total. The van der Waals surface area contributed by atoms with Gasteiger partial charge < -0.3 is 5.73 Å². The molecule has 0 fully saturated rings. The number of hydrogen-bond acceptors (Lipinski definition) is 2. The van der Waals surface area contributed by atoms with Gasteiger partial charge in [0.1, 0.15) is 0 Å². The van der Waals surface area contributed by atoms with E-state index in [0.29, 0.717) is 5.92 Å². The van der Waals surface area contributed by atoms with Crippen LogP contribution in [0.5, 0.6) is 0 Å². The average molecular weight is 215 g/mol. The third-order valence-corrected chi connectivity index (χ3v) is 2.80. The first-order valence-corrected chi connectivity index (χ1v) is 5.48. The fraction of sp³-hybridized carbons (Fsp3) is 0.308. The molecule has 0 aliphatic heterocycles. The zero-order valence-corrected chi connectivity index (χ0v) is 9.94. The summed E-state index contributed by atoms with van der Waals surface area (Å²) in [6.07, 6.45) is 1.92. The van der Waals surface area contributed by atoms with E-state index in [2.05, 4.69) is 18.9 Å². The van der Waals surface area contributed by atoms with Gasteiger partial charge in [0.05, 0.1) is 11.9 Å². The maximum atomic E-state index is 6.01. The molecule has 1 heterocycles. The van der Waals surface area contributed by atoms with Crippen LogP contribution in [0.2, 0.25) is 0 Å². The molecule has 3 heteroatoms. The summed E-state index contributed by atoms with van der Waals surface area (Å²) in [5.41, 5.74) is 10.2. The van der Waals surface area contributed by atoms with Gasteiger partial charge in [-0.2, -0.15) is 5.10 Å². The van der Waals surface area contributed by atoms with Gasteiger partial charge in [0.2, 0.25) is 0 Å². The molecule has 0 saturated carbocycles. The number of benzene rings is 1. The molecule has 0 radical (unpaired) electrons. The highest BCUT2D eigenvalue weighted by Crippen LogP contribution is 2.31. The van der Waals surface area contributed by atoms with Crippen molar-refractivity contribution in [3.8, 4) is 11.3 Å². The van der Waals surface area contributed by atoms with E-state index in [0.717, 1.165) is 16.9 Å². The standard InChI is InChI=1S/C13H17N3/c1-9(2)11-8-15-16(3)13(11)10-6-4-5-7-12(10)14/h4-9H,14H2,1-3H3. The largest absolute Gasteiger partial charge is 0.398 e. The van der Waals surface area contributed by atoms with Gasteiger partial charge in [0.25, 0.3) is 0 Å². The van der Waals surface area contributed by atoms with Gasteiger partial charge in [-0.25, -0.2) is 0 Å². The Balaban J connectivity index is 2.64. The molecule has 0 aliphatic carbocycles. The van der Waals surface area contributed by atoms with E-state index in [-0.39, 0.29) is 0 Å². The summed E-state index contributed by atoms with van der Waals surface area (Å²) < 4.78 is 1.89. The second-order valence-electron chi connectivity index (χ2n) is 4.31. The molecule has 0 spiro atoms. The Morgan fingerprint density at radius 3 is 2.56 bits per heavy atom. The molecule has 84 valence electrons. The van der Waals surface area contributed by atoms with E-state index < -0.39 is 0 Å². The maximum Gasteiger partial charge on any atom is 0.0734 e. The van der Waals surface area contributed by atoms with Crippen molar-refractivity contribution >= 4 is 5.69 Å². The van der Waals surface area contributed by atoms with Crippen molar-refractivity contribution in [3.63, 3.8) is 0 Å². The Labute approximate surface area is 95.9 Å². The minimum Gasteiger partial charge on any atom is -0.398 e. The Morgan fingerprint density at radius 2 is 1.94 bits per heavy atom. The number of aryl methyl sites for hydroxylation is 1. The average Bonchev–Trinajstić information content (AvgIpc) is 2.61. The van der Waals surface area contributed by atoms with Crippen LogP contribution in [0, 0.1) is 0 Å².